The smallest absolute Gasteiger partial charge is 0.141 e. The van der Waals surface area contributed by atoms with E-state index in [4.69, 9.17) is 0 Å². The summed E-state index contributed by atoms with van der Waals surface area (Å²) in [6, 6.07) is 8.24. The minimum Gasteiger partial charge on any atom is -0.307 e. The van der Waals surface area contributed by atoms with Gasteiger partial charge in [0.1, 0.15) is 17.5 Å². The highest BCUT2D eigenvalue weighted by atomic mass is 15.0. The van der Waals surface area contributed by atoms with Crippen molar-refractivity contribution in [3.63, 3.8) is 0 Å². The van der Waals surface area contributed by atoms with E-state index in [1.807, 2.05) is 28.9 Å². The largest absolute Gasteiger partial charge is 0.307 e. The van der Waals surface area contributed by atoms with E-state index in [1.54, 1.807) is 0 Å². The van der Waals surface area contributed by atoms with Crippen LogP contribution in [-0.4, -0.2) is 18.8 Å². The molecule has 1 radical (unpaired) electrons. The van der Waals surface area contributed by atoms with E-state index in [0.717, 1.165) is 29.0 Å². The van der Waals surface area contributed by atoms with E-state index >= 15 is 0 Å². The Balaban J connectivity index is 1.78. The standard InChI is InChI=1S/C16H13N4/c1-12-4-5-15-18-14(11-20(15)10-12)9-13-3-2-7-19-8-6-17-16(13)19/h2-5,7-8,10-11H,9H2,1H3. The van der Waals surface area contributed by atoms with Crippen LogP contribution in [-0.2, 0) is 6.42 Å². The summed E-state index contributed by atoms with van der Waals surface area (Å²) in [5.41, 5.74) is 5.36. The number of imidazole rings is 2. The molecule has 4 nitrogen and oxygen atoms in total. The molecule has 4 heterocycles. The zero-order valence-corrected chi connectivity index (χ0v) is 11.1. The van der Waals surface area contributed by atoms with Gasteiger partial charge in [0.2, 0.25) is 0 Å². The number of hydrogen-bond donors (Lipinski definition) is 0. The predicted octanol–water partition coefficient (Wildman–Crippen LogP) is 2.68. The molecule has 0 amide bonds. The third-order valence-corrected chi connectivity index (χ3v) is 3.46. The first kappa shape index (κ1) is 11.2. The summed E-state index contributed by atoms with van der Waals surface area (Å²) in [5, 5.41) is 0. The number of aryl methyl sites for hydroxylation is 1. The van der Waals surface area contributed by atoms with Gasteiger partial charge >= 0.3 is 0 Å². The average Bonchev–Trinajstić information content (AvgIpc) is 3.04. The first-order valence-electron chi connectivity index (χ1n) is 6.56. The lowest BCUT2D eigenvalue weighted by Gasteiger charge is -2.00. The number of aromatic nitrogens is 4. The molecule has 4 aromatic heterocycles. The summed E-state index contributed by atoms with van der Waals surface area (Å²) in [7, 11) is 0. The summed E-state index contributed by atoms with van der Waals surface area (Å²) >= 11 is 0. The lowest BCUT2D eigenvalue weighted by molar-refractivity contribution is 1.08. The molecule has 0 aliphatic carbocycles. The molecule has 0 aliphatic rings. The van der Waals surface area contributed by atoms with Crippen LogP contribution in [0.4, 0.5) is 0 Å². The highest BCUT2D eigenvalue weighted by Gasteiger charge is 2.07. The van der Waals surface area contributed by atoms with Gasteiger partial charge in [0.05, 0.1) is 5.69 Å². The normalized spacial score (nSPS) is 11.4. The molecule has 0 N–H and O–H groups in total. The van der Waals surface area contributed by atoms with Crippen molar-refractivity contribution in [2.24, 2.45) is 0 Å². The highest BCUT2D eigenvalue weighted by molar-refractivity contribution is 5.50. The van der Waals surface area contributed by atoms with Crippen LogP contribution >= 0.6 is 0 Å². The zero-order valence-electron chi connectivity index (χ0n) is 11.1. The molecular formula is C16H13N4. The van der Waals surface area contributed by atoms with Gasteiger partial charge in [-0.05, 0) is 24.6 Å². The Kier molecular flexibility index (Phi) is 2.36. The summed E-state index contributed by atoms with van der Waals surface area (Å²) in [6.45, 7) is 2.08. The Bertz CT molecular complexity index is 901. The van der Waals surface area contributed by atoms with Crippen molar-refractivity contribution in [1.82, 2.24) is 18.8 Å². The van der Waals surface area contributed by atoms with Gasteiger partial charge in [-0.15, -0.1) is 0 Å². The minimum atomic E-state index is 0.774. The molecule has 97 valence electrons. The van der Waals surface area contributed by atoms with Crippen molar-refractivity contribution >= 4 is 11.3 Å². The van der Waals surface area contributed by atoms with Crippen molar-refractivity contribution in [2.45, 2.75) is 13.3 Å². The minimum absolute atomic E-state index is 0.774. The fraction of sp³-hybridized carbons (Fsp3) is 0.125. The van der Waals surface area contributed by atoms with E-state index < -0.39 is 0 Å². The molecular weight excluding hydrogens is 248 g/mol. The maximum absolute atomic E-state index is 4.66. The molecule has 0 saturated heterocycles. The van der Waals surface area contributed by atoms with Crippen LogP contribution in [0.15, 0.2) is 49.1 Å². The number of pyridine rings is 2. The van der Waals surface area contributed by atoms with Crippen molar-refractivity contribution in [1.29, 1.82) is 0 Å². The Morgan fingerprint density at radius 3 is 3.05 bits per heavy atom. The van der Waals surface area contributed by atoms with Gasteiger partial charge < -0.3 is 8.80 Å². The molecule has 0 aromatic carbocycles. The Morgan fingerprint density at radius 1 is 1.15 bits per heavy atom. The maximum atomic E-state index is 4.66. The summed E-state index contributed by atoms with van der Waals surface area (Å²) in [6.07, 6.45) is 11.7. The van der Waals surface area contributed by atoms with Crippen LogP contribution in [0.3, 0.4) is 0 Å². The molecule has 0 atom stereocenters. The Hall–Kier alpha value is -2.62. The van der Waals surface area contributed by atoms with Crippen molar-refractivity contribution in [3.05, 3.63) is 72.1 Å². The topological polar surface area (TPSA) is 34.6 Å². The monoisotopic (exact) mass is 261 g/mol. The van der Waals surface area contributed by atoms with E-state index in [-0.39, 0.29) is 0 Å². The van der Waals surface area contributed by atoms with Crippen LogP contribution in [0.2, 0.25) is 0 Å². The van der Waals surface area contributed by atoms with E-state index in [9.17, 15) is 0 Å². The zero-order chi connectivity index (χ0) is 13.5. The van der Waals surface area contributed by atoms with Crippen molar-refractivity contribution < 1.29 is 0 Å². The van der Waals surface area contributed by atoms with Gasteiger partial charge in [0.15, 0.2) is 0 Å². The Morgan fingerprint density at radius 2 is 2.10 bits per heavy atom. The van der Waals surface area contributed by atoms with E-state index in [1.165, 1.54) is 5.56 Å². The second-order valence-electron chi connectivity index (χ2n) is 5.02. The highest BCUT2D eigenvalue weighted by Crippen LogP contribution is 2.15. The first-order chi connectivity index (χ1) is 9.79. The van der Waals surface area contributed by atoms with Crippen molar-refractivity contribution in [3.8, 4) is 0 Å². The third-order valence-electron chi connectivity index (χ3n) is 3.46. The van der Waals surface area contributed by atoms with Gasteiger partial charge in [-0.2, -0.15) is 0 Å². The summed E-state index contributed by atoms with van der Waals surface area (Å²) < 4.78 is 4.05. The van der Waals surface area contributed by atoms with Crippen LogP contribution in [0.25, 0.3) is 11.3 Å². The quantitative estimate of drug-likeness (QED) is 0.556. The van der Waals surface area contributed by atoms with Crippen molar-refractivity contribution in [2.75, 3.05) is 0 Å². The average molecular weight is 261 g/mol. The van der Waals surface area contributed by atoms with E-state index in [0.29, 0.717) is 0 Å². The lowest BCUT2D eigenvalue weighted by atomic mass is 10.1. The molecule has 0 spiro atoms. The molecule has 0 bridgehead atoms. The third kappa shape index (κ3) is 1.77. The molecule has 0 aliphatic heterocycles. The van der Waals surface area contributed by atoms with Crippen LogP contribution in [0.1, 0.15) is 16.8 Å². The number of fused-ring (bicyclic) bond motifs is 2. The molecule has 4 aromatic rings. The molecule has 0 unspecified atom stereocenters. The maximum Gasteiger partial charge on any atom is 0.141 e. The van der Waals surface area contributed by atoms with Gasteiger partial charge in [-0.25, -0.2) is 9.97 Å². The summed E-state index contributed by atoms with van der Waals surface area (Å²) in [5.74, 6) is 0. The van der Waals surface area contributed by atoms with Gasteiger partial charge in [-0.1, -0.05) is 12.1 Å². The fourth-order valence-corrected chi connectivity index (χ4v) is 2.52. The molecule has 20 heavy (non-hydrogen) atoms. The van der Waals surface area contributed by atoms with Crippen LogP contribution in [0, 0.1) is 13.1 Å². The van der Waals surface area contributed by atoms with Crippen LogP contribution in [0.5, 0.6) is 0 Å². The number of rotatable bonds is 2. The fourth-order valence-electron chi connectivity index (χ4n) is 2.52. The SMILES string of the molecule is Cc1ccc2nc(Cc3cccn4c[c]nc34)cn2c1. The molecule has 4 rings (SSSR count). The summed E-state index contributed by atoms with van der Waals surface area (Å²) in [4.78, 5) is 8.94. The van der Waals surface area contributed by atoms with Gasteiger partial charge in [0, 0.05) is 36.8 Å². The molecule has 4 heteroatoms. The number of hydrogen-bond acceptors (Lipinski definition) is 2. The number of nitrogens with zero attached hydrogens (tertiary/aromatic N) is 4. The lowest BCUT2D eigenvalue weighted by Crippen LogP contribution is -1.93. The van der Waals surface area contributed by atoms with Gasteiger partial charge in [-0.3, -0.25) is 0 Å². The Labute approximate surface area is 116 Å². The predicted molar refractivity (Wildman–Crippen MR) is 76.8 cm³/mol. The molecule has 0 saturated carbocycles. The first-order valence-corrected chi connectivity index (χ1v) is 6.56. The van der Waals surface area contributed by atoms with E-state index in [2.05, 4.69) is 52.0 Å². The molecule has 0 fully saturated rings. The van der Waals surface area contributed by atoms with Crippen LogP contribution < -0.4 is 0 Å². The van der Waals surface area contributed by atoms with Gasteiger partial charge in [0.25, 0.3) is 0 Å². The second-order valence-corrected chi connectivity index (χ2v) is 5.02. The second kappa shape index (κ2) is 4.20.